The normalized spacial score (nSPS) is 10.3. The molecule has 0 saturated carbocycles. The highest BCUT2D eigenvalue weighted by atomic mass is 79.9. The Morgan fingerprint density at radius 1 is 1.36 bits per heavy atom. The van der Waals surface area contributed by atoms with E-state index in [1.54, 1.807) is 11.3 Å². The van der Waals surface area contributed by atoms with Crippen molar-refractivity contribution >= 4 is 38.8 Å². The van der Waals surface area contributed by atoms with Crippen LogP contribution < -0.4 is 0 Å². The lowest BCUT2D eigenvalue weighted by molar-refractivity contribution is 1.36. The van der Waals surface area contributed by atoms with E-state index >= 15 is 0 Å². The predicted molar refractivity (Wildman–Crippen MR) is 50.9 cm³/mol. The topological polar surface area (TPSA) is 25.8 Å². The van der Waals surface area contributed by atoms with E-state index in [0.717, 1.165) is 15.2 Å². The smallest absolute Gasteiger partial charge is 0.127 e. The second-order valence-electron chi connectivity index (χ2n) is 1.89. The first kappa shape index (κ1) is 7.39. The van der Waals surface area contributed by atoms with Gasteiger partial charge in [0.25, 0.3) is 0 Å². The molecule has 0 aliphatic heterocycles. The SMILES string of the molecule is Brc1csc(-c2cnsc2)n1. The zero-order valence-electron chi connectivity index (χ0n) is 5.32. The second-order valence-corrected chi connectivity index (χ2v) is 4.22. The molecule has 0 amide bonds. The van der Waals surface area contributed by atoms with Crippen molar-refractivity contribution in [1.29, 1.82) is 0 Å². The van der Waals surface area contributed by atoms with Gasteiger partial charge in [0, 0.05) is 16.3 Å². The van der Waals surface area contributed by atoms with E-state index in [0.29, 0.717) is 0 Å². The third kappa shape index (κ3) is 1.50. The molecule has 2 heterocycles. The number of hydrogen-bond donors (Lipinski definition) is 0. The number of hydrogen-bond acceptors (Lipinski definition) is 4. The summed E-state index contributed by atoms with van der Waals surface area (Å²) in [4.78, 5) is 4.26. The average molecular weight is 247 g/mol. The first-order valence-electron chi connectivity index (χ1n) is 2.87. The van der Waals surface area contributed by atoms with Crippen molar-refractivity contribution in [2.45, 2.75) is 0 Å². The minimum absolute atomic E-state index is 0.892. The maximum Gasteiger partial charge on any atom is 0.127 e. The Labute approximate surface area is 80.2 Å². The number of thiazole rings is 1. The Kier molecular flexibility index (Phi) is 2.02. The maximum absolute atomic E-state index is 4.26. The van der Waals surface area contributed by atoms with Gasteiger partial charge in [-0.1, -0.05) is 0 Å². The van der Waals surface area contributed by atoms with Crippen molar-refractivity contribution < 1.29 is 0 Å². The number of aromatic nitrogens is 2. The van der Waals surface area contributed by atoms with E-state index < -0.39 is 0 Å². The first-order chi connectivity index (χ1) is 5.36. The standard InChI is InChI=1S/C6H3BrN2S2/c7-5-3-10-6(9-5)4-1-8-11-2-4/h1-3H. The van der Waals surface area contributed by atoms with Crippen LogP contribution in [0.3, 0.4) is 0 Å². The summed E-state index contributed by atoms with van der Waals surface area (Å²) < 4.78 is 4.89. The minimum Gasteiger partial charge on any atom is -0.229 e. The van der Waals surface area contributed by atoms with Crippen LogP contribution in [-0.2, 0) is 0 Å². The Morgan fingerprint density at radius 3 is 2.82 bits per heavy atom. The fourth-order valence-electron chi connectivity index (χ4n) is 0.697. The summed E-state index contributed by atoms with van der Waals surface area (Å²) in [7, 11) is 0. The highest BCUT2D eigenvalue weighted by molar-refractivity contribution is 9.10. The van der Waals surface area contributed by atoms with Crippen molar-refractivity contribution in [1.82, 2.24) is 9.36 Å². The van der Waals surface area contributed by atoms with Gasteiger partial charge in [0.05, 0.1) is 6.20 Å². The summed E-state index contributed by atoms with van der Waals surface area (Å²) in [6.07, 6.45) is 1.83. The largest absolute Gasteiger partial charge is 0.229 e. The maximum atomic E-state index is 4.26. The van der Waals surface area contributed by atoms with Crippen molar-refractivity contribution in [3.63, 3.8) is 0 Å². The Balaban J connectivity index is 2.45. The predicted octanol–water partition coefficient (Wildman–Crippen LogP) is 3.03. The Hall–Kier alpha value is -0.260. The second kappa shape index (κ2) is 3.00. The molecule has 0 atom stereocenters. The van der Waals surface area contributed by atoms with Crippen LogP contribution in [0.15, 0.2) is 21.6 Å². The van der Waals surface area contributed by atoms with Gasteiger partial charge < -0.3 is 0 Å². The molecule has 0 fully saturated rings. The molecule has 0 spiro atoms. The monoisotopic (exact) mass is 246 g/mol. The molecule has 2 rings (SSSR count). The van der Waals surface area contributed by atoms with Crippen molar-refractivity contribution in [2.24, 2.45) is 0 Å². The van der Waals surface area contributed by atoms with Crippen LogP contribution >= 0.6 is 38.8 Å². The Bertz CT molecular complexity index is 341. The molecule has 56 valence electrons. The van der Waals surface area contributed by atoms with Gasteiger partial charge in [-0.3, -0.25) is 0 Å². The van der Waals surface area contributed by atoms with Gasteiger partial charge in [-0.2, -0.15) is 0 Å². The van der Waals surface area contributed by atoms with Gasteiger partial charge >= 0.3 is 0 Å². The zero-order valence-corrected chi connectivity index (χ0v) is 8.54. The lowest BCUT2D eigenvalue weighted by Gasteiger charge is -1.83. The van der Waals surface area contributed by atoms with Gasteiger partial charge in [0.1, 0.15) is 9.61 Å². The van der Waals surface area contributed by atoms with Crippen LogP contribution in [0.4, 0.5) is 0 Å². The van der Waals surface area contributed by atoms with Crippen LogP contribution in [0.25, 0.3) is 10.6 Å². The summed E-state index contributed by atoms with van der Waals surface area (Å²) in [5.74, 6) is 0. The lowest BCUT2D eigenvalue weighted by atomic mass is 10.4. The molecule has 0 saturated heterocycles. The molecule has 2 nitrogen and oxygen atoms in total. The van der Waals surface area contributed by atoms with Crippen molar-refractivity contribution in [3.05, 3.63) is 21.6 Å². The average Bonchev–Trinajstić information content (AvgIpc) is 2.55. The lowest BCUT2D eigenvalue weighted by Crippen LogP contribution is -1.68. The Morgan fingerprint density at radius 2 is 2.27 bits per heavy atom. The number of rotatable bonds is 1. The third-order valence-electron chi connectivity index (χ3n) is 1.16. The molecule has 11 heavy (non-hydrogen) atoms. The molecule has 2 aromatic rings. The van der Waals surface area contributed by atoms with Crippen LogP contribution in [0, 0.1) is 0 Å². The quantitative estimate of drug-likeness (QED) is 0.774. The molecular weight excluding hydrogens is 244 g/mol. The van der Waals surface area contributed by atoms with Gasteiger partial charge in [0.2, 0.25) is 0 Å². The minimum atomic E-state index is 0.892. The molecule has 0 aliphatic carbocycles. The summed E-state index contributed by atoms with van der Waals surface area (Å²) in [5.41, 5.74) is 1.10. The third-order valence-corrected chi connectivity index (χ3v) is 3.34. The molecular formula is C6H3BrN2S2. The fraction of sp³-hybridized carbons (Fsp3) is 0. The van der Waals surface area contributed by atoms with Crippen LogP contribution in [0.1, 0.15) is 0 Å². The summed E-state index contributed by atoms with van der Waals surface area (Å²) >= 11 is 6.36. The molecule has 2 aromatic heterocycles. The fourth-order valence-corrected chi connectivity index (χ4v) is 2.53. The molecule has 5 heteroatoms. The number of halogens is 1. The molecule has 0 N–H and O–H groups in total. The van der Waals surface area contributed by atoms with Crippen molar-refractivity contribution in [3.8, 4) is 10.6 Å². The summed E-state index contributed by atoms with van der Waals surface area (Å²) in [5, 5.41) is 4.98. The summed E-state index contributed by atoms with van der Waals surface area (Å²) in [6, 6.07) is 0. The van der Waals surface area contributed by atoms with Gasteiger partial charge in [-0.25, -0.2) is 9.36 Å². The first-order valence-corrected chi connectivity index (χ1v) is 5.38. The van der Waals surface area contributed by atoms with E-state index in [-0.39, 0.29) is 0 Å². The van der Waals surface area contributed by atoms with Crippen LogP contribution in [-0.4, -0.2) is 9.36 Å². The molecule has 0 radical (unpaired) electrons. The molecule has 0 aliphatic rings. The van der Waals surface area contributed by atoms with E-state index in [1.165, 1.54) is 11.5 Å². The van der Waals surface area contributed by atoms with Gasteiger partial charge in [0.15, 0.2) is 0 Å². The van der Waals surface area contributed by atoms with E-state index in [2.05, 4.69) is 25.3 Å². The molecule has 0 bridgehead atoms. The van der Waals surface area contributed by atoms with E-state index in [9.17, 15) is 0 Å². The summed E-state index contributed by atoms with van der Waals surface area (Å²) in [6.45, 7) is 0. The molecule has 0 unspecified atom stereocenters. The van der Waals surface area contributed by atoms with E-state index in [1.807, 2.05) is 17.0 Å². The highest BCUT2D eigenvalue weighted by Gasteiger charge is 2.02. The van der Waals surface area contributed by atoms with E-state index in [4.69, 9.17) is 0 Å². The van der Waals surface area contributed by atoms with Crippen LogP contribution in [0.5, 0.6) is 0 Å². The highest BCUT2D eigenvalue weighted by Crippen LogP contribution is 2.26. The van der Waals surface area contributed by atoms with Crippen molar-refractivity contribution in [2.75, 3.05) is 0 Å². The van der Waals surface area contributed by atoms with Crippen LogP contribution in [0.2, 0.25) is 0 Å². The zero-order chi connectivity index (χ0) is 7.68. The van der Waals surface area contributed by atoms with Gasteiger partial charge in [-0.15, -0.1) is 11.3 Å². The number of nitrogens with zero attached hydrogens (tertiary/aromatic N) is 2. The van der Waals surface area contributed by atoms with Gasteiger partial charge in [-0.05, 0) is 27.5 Å². The molecule has 0 aromatic carbocycles.